The first-order valence-electron chi connectivity index (χ1n) is 11.9. The molecule has 2 N–H and O–H groups in total. The van der Waals surface area contributed by atoms with Crippen LogP contribution in [-0.4, -0.2) is 84.4 Å². The second-order valence-corrected chi connectivity index (χ2v) is 10.8. The SMILES string of the molecule is CCN1CCC(N(c2cnn(C)c2)S(=O)(=O)NC(=O)Nc2c3c(cc4c2CCC4)CCC3)C1.[Na]. The number of fused-ring (bicyclic) bond motifs is 2. The molecule has 34 heavy (non-hydrogen) atoms. The number of carbonyl (C=O) groups excluding carboxylic acids is 1. The Balaban J connectivity index is 0.00000274. The van der Waals surface area contributed by atoms with Crippen LogP contribution in [-0.2, 0) is 42.9 Å². The Kier molecular flexibility index (Phi) is 7.64. The number of carbonyl (C=O) groups is 1. The van der Waals surface area contributed by atoms with Gasteiger partial charge in [-0.1, -0.05) is 13.0 Å². The maximum atomic E-state index is 13.5. The van der Waals surface area contributed by atoms with E-state index in [1.54, 1.807) is 17.9 Å². The van der Waals surface area contributed by atoms with Gasteiger partial charge in [0.25, 0.3) is 0 Å². The standard InChI is InChI=1S/C23H32N6O3S.Na/c1-3-28-11-10-18(15-28)29(19-13-24-27(2)14-19)33(31,32)26-23(30)25-22-20-8-4-6-16(20)12-17-7-5-9-21(17)22;/h12-14,18H,3-11,15H2,1-2H3,(H2,25,26,30);. The molecule has 1 aromatic heterocycles. The fraction of sp³-hybridized carbons (Fsp3) is 0.565. The summed E-state index contributed by atoms with van der Waals surface area (Å²) < 4.78 is 32.2. The first kappa shape index (κ1) is 25.5. The molecular weight excluding hydrogens is 463 g/mol. The van der Waals surface area contributed by atoms with Gasteiger partial charge in [-0.05, 0) is 73.7 Å². The van der Waals surface area contributed by atoms with Crippen LogP contribution in [0.25, 0.3) is 0 Å². The van der Waals surface area contributed by atoms with Crippen molar-refractivity contribution in [2.75, 3.05) is 29.3 Å². The largest absolute Gasteiger partial charge is 0.334 e. The van der Waals surface area contributed by atoms with Gasteiger partial charge in [0.2, 0.25) is 0 Å². The smallest absolute Gasteiger partial charge is 0.307 e. The second kappa shape index (κ2) is 10.2. The molecule has 179 valence electrons. The predicted molar refractivity (Wildman–Crippen MR) is 134 cm³/mol. The van der Waals surface area contributed by atoms with Crippen LogP contribution in [0.3, 0.4) is 0 Å². The minimum absolute atomic E-state index is 0. The zero-order valence-electron chi connectivity index (χ0n) is 20.3. The average Bonchev–Trinajstić information content (AvgIpc) is 3.54. The van der Waals surface area contributed by atoms with Crippen molar-refractivity contribution in [2.24, 2.45) is 7.05 Å². The summed E-state index contributed by atoms with van der Waals surface area (Å²) in [5, 5.41) is 7.09. The van der Waals surface area contributed by atoms with Crippen molar-refractivity contribution in [3.05, 3.63) is 40.7 Å². The average molecular weight is 496 g/mol. The fourth-order valence-electron chi connectivity index (χ4n) is 5.63. The summed E-state index contributed by atoms with van der Waals surface area (Å²) in [6, 6.07) is 1.32. The van der Waals surface area contributed by atoms with Gasteiger partial charge < -0.3 is 10.2 Å². The van der Waals surface area contributed by atoms with Crippen molar-refractivity contribution >= 4 is 57.2 Å². The number of anilines is 2. The third-order valence-corrected chi connectivity index (χ3v) is 8.63. The Morgan fingerprint density at radius 2 is 1.85 bits per heavy atom. The molecule has 2 amide bonds. The van der Waals surface area contributed by atoms with Gasteiger partial charge in [-0.15, -0.1) is 0 Å². The summed E-state index contributed by atoms with van der Waals surface area (Å²) in [6.45, 7) is 4.36. The number of rotatable bonds is 6. The Morgan fingerprint density at radius 1 is 1.18 bits per heavy atom. The molecule has 11 heteroatoms. The number of likely N-dealkylation sites (N-methyl/N-ethyl adjacent to an activating group) is 1. The van der Waals surface area contributed by atoms with Gasteiger partial charge >= 0.3 is 16.2 Å². The number of nitrogens with zero attached hydrogens (tertiary/aromatic N) is 4. The number of amides is 2. The Bertz CT molecular complexity index is 1150. The van der Waals surface area contributed by atoms with Gasteiger partial charge in [0.05, 0.1) is 17.9 Å². The van der Waals surface area contributed by atoms with Gasteiger partial charge in [-0.25, -0.2) is 13.8 Å². The zero-order valence-corrected chi connectivity index (χ0v) is 23.1. The Morgan fingerprint density at radius 3 is 2.41 bits per heavy atom. The third kappa shape index (κ3) is 4.88. The Labute approximate surface area is 223 Å². The minimum Gasteiger partial charge on any atom is -0.307 e. The fourth-order valence-corrected chi connectivity index (χ4v) is 6.95. The van der Waals surface area contributed by atoms with Crippen molar-refractivity contribution in [1.82, 2.24) is 19.4 Å². The Hall–Kier alpha value is -1.59. The topological polar surface area (TPSA) is 99.6 Å². The molecule has 2 heterocycles. The van der Waals surface area contributed by atoms with E-state index in [0.29, 0.717) is 18.7 Å². The monoisotopic (exact) mass is 495 g/mol. The molecule has 9 nitrogen and oxygen atoms in total. The van der Waals surface area contributed by atoms with E-state index in [4.69, 9.17) is 0 Å². The summed E-state index contributed by atoms with van der Waals surface area (Å²) >= 11 is 0. The van der Waals surface area contributed by atoms with E-state index in [1.807, 2.05) is 0 Å². The van der Waals surface area contributed by atoms with Crippen molar-refractivity contribution in [3.8, 4) is 0 Å². The van der Waals surface area contributed by atoms with Crippen molar-refractivity contribution in [3.63, 3.8) is 0 Å². The number of likely N-dealkylation sites (tertiary alicyclic amines) is 1. The molecule has 5 rings (SSSR count). The van der Waals surface area contributed by atoms with Crippen LogP contribution in [0.5, 0.6) is 0 Å². The number of nitrogens with one attached hydrogen (secondary N) is 2. The summed E-state index contributed by atoms with van der Waals surface area (Å²) in [6.07, 6.45) is 9.90. The second-order valence-electron chi connectivity index (χ2n) is 9.30. The first-order valence-corrected chi connectivity index (χ1v) is 13.3. The zero-order chi connectivity index (χ0) is 23.2. The number of urea groups is 1. The molecular formula is C23H32N6NaO3S. The van der Waals surface area contributed by atoms with E-state index in [2.05, 4.69) is 33.0 Å². The number of hydrogen-bond acceptors (Lipinski definition) is 5. The van der Waals surface area contributed by atoms with Gasteiger partial charge in [-0.3, -0.25) is 4.68 Å². The minimum atomic E-state index is -4.13. The molecule has 1 aliphatic heterocycles. The molecule has 1 aromatic carbocycles. The predicted octanol–water partition coefficient (Wildman–Crippen LogP) is 1.98. The molecule has 1 unspecified atom stereocenters. The number of hydrogen-bond donors (Lipinski definition) is 2. The van der Waals surface area contributed by atoms with Crippen molar-refractivity contribution < 1.29 is 13.2 Å². The first-order chi connectivity index (χ1) is 15.9. The van der Waals surface area contributed by atoms with Crippen LogP contribution < -0.4 is 14.3 Å². The van der Waals surface area contributed by atoms with Crippen LogP contribution in [0.1, 0.15) is 48.4 Å². The number of aryl methyl sites for hydroxylation is 3. The van der Waals surface area contributed by atoms with E-state index in [0.717, 1.165) is 57.3 Å². The third-order valence-electron chi connectivity index (χ3n) is 7.16. The van der Waals surface area contributed by atoms with Crippen LogP contribution in [0.2, 0.25) is 0 Å². The summed E-state index contributed by atoms with van der Waals surface area (Å²) in [5.74, 6) is 0. The number of benzene rings is 1. The van der Waals surface area contributed by atoms with Crippen molar-refractivity contribution in [1.29, 1.82) is 0 Å². The molecule has 2 aromatic rings. The molecule has 0 spiro atoms. The normalized spacial score (nSPS) is 19.4. The summed E-state index contributed by atoms with van der Waals surface area (Å²) in [7, 11) is -2.39. The van der Waals surface area contributed by atoms with Crippen LogP contribution in [0.15, 0.2) is 18.5 Å². The van der Waals surface area contributed by atoms with Crippen LogP contribution in [0, 0.1) is 0 Å². The van der Waals surface area contributed by atoms with Gasteiger partial charge in [-0.2, -0.15) is 13.5 Å². The number of aromatic nitrogens is 2. The summed E-state index contributed by atoms with van der Waals surface area (Å²) in [4.78, 5) is 15.3. The van der Waals surface area contributed by atoms with E-state index >= 15 is 0 Å². The van der Waals surface area contributed by atoms with Gasteiger partial charge in [0, 0.05) is 61.6 Å². The van der Waals surface area contributed by atoms with Crippen LogP contribution >= 0.6 is 0 Å². The van der Waals surface area contributed by atoms with E-state index < -0.39 is 16.2 Å². The van der Waals surface area contributed by atoms with E-state index in [1.165, 1.54) is 32.8 Å². The quantitative estimate of drug-likeness (QED) is 0.597. The maximum Gasteiger partial charge on any atom is 0.334 e. The van der Waals surface area contributed by atoms with Gasteiger partial charge in [0.1, 0.15) is 0 Å². The molecule has 1 saturated heterocycles. The molecule has 0 saturated carbocycles. The van der Waals surface area contributed by atoms with E-state index in [-0.39, 0.29) is 35.6 Å². The molecule has 0 bridgehead atoms. The van der Waals surface area contributed by atoms with E-state index in [9.17, 15) is 13.2 Å². The van der Waals surface area contributed by atoms with Crippen molar-refractivity contribution in [2.45, 2.75) is 57.9 Å². The molecule has 1 fully saturated rings. The molecule has 2 aliphatic carbocycles. The van der Waals surface area contributed by atoms with Gasteiger partial charge in [0.15, 0.2) is 0 Å². The van der Waals surface area contributed by atoms with Crippen LogP contribution in [0.4, 0.5) is 16.2 Å². The molecule has 1 radical (unpaired) electrons. The maximum absolute atomic E-state index is 13.5. The summed E-state index contributed by atoms with van der Waals surface area (Å²) in [5.41, 5.74) is 6.20. The molecule has 3 aliphatic rings. The molecule has 1 atom stereocenters.